The van der Waals surface area contributed by atoms with E-state index < -0.39 is 18.5 Å². The highest BCUT2D eigenvalue weighted by molar-refractivity contribution is 4.83. The molecule has 1 aliphatic rings. The fourth-order valence-electron chi connectivity index (χ4n) is 1.08. The molecule has 0 radical (unpaired) electrons. The standard InChI is InChI=1S/C6H10F3N/c7-3-5-1-2-10-4-6(5,8)9/h5,10H,1-4H2. The number of rotatable bonds is 1. The van der Waals surface area contributed by atoms with Crippen LogP contribution < -0.4 is 5.32 Å². The predicted molar refractivity (Wildman–Crippen MR) is 31.9 cm³/mol. The molecule has 0 aliphatic carbocycles. The van der Waals surface area contributed by atoms with E-state index in [-0.39, 0.29) is 13.0 Å². The van der Waals surface area contributed by atoms with Crippen LogP contribution in [-0.4, -0.2) is 25.7 Å². The zero-order chi connectivity index (χ0) is 7.61. The number of alkyl halides is 3. The van der Waals surface area contributed by atoms with Gasteiger partial charge in [0.25, 0.3) is 5.92 Å². The van der Waals surface area contributed by atoms with Gasteiger partial charge in [0.2, 0.25) is 0 Å². The maximum absolute atomic E-state index is 12.6. The van der Waals surface area contributed by atoms with E-state index in [2.05, 4.69) is 5.32 Å². The normalized spacial score (nSPS) is 32.1. The summed E-state index contributed by atoms with van der Waals surface area (Å²) in [6.45, 7) is -0.777. The first-order valence-electron chi connectivity index (χ1n) is 3.31. The quantitative estimate of drug-likeness (QED) is 0.596. The van der Waals surface area contributed by atoms with Crippen LogP contribution in [0.2, 0.25) is 0 Å². The molecule has 0 aromatic rings. The fourth-order valence-corrected chi connectivity index (χ4v) is 1.08. The van der Waals surface area contributed by atoms with Crippen molar-refractivity contribution in [1.82, 2.24) is 5.32 Å². The van der Waals surface area contributed by atoms with Gasteiger partial charge in [0.1, 0.15) is 0 Å². The summed E-state index contributed by atoms with van der Waals surface area (Å²) in [5, 5.41) is 2.52. The maximum Gasteiger partial charge on any atom is 0.265 e. The molecule has 0 aromatic carbocycles. The third-order valence-corrected chi connectivity index (χ3v) is 1.81. The molecule has 0 spiro atoms. The van der Waals surface area contributed by atoms with Gasteiger partial charge >= 0.3 is 0 Å². The first-order chi connectivity index (χ1) is 4.67. The maximum atomic E-state index is 12.6. The Kier molecular flexibility index (Phi) is 2.18. The van der Waals surface area contributed by atoms with Crippen LogP contribution in [0.4, 0.5) is 13.2 Å². The molecule has 1 fully saturated rings. The summed E-state index contributed by atoms with van der Waals surface area (Å²) >= 11 is 0. The van der Waals surface area contributed by atoms with Crippen molar-refractivity contribution in [2.45, 2.75) is 12.3 Å². The smallest absolute Gasteiger partial charge is 0.265 e. The molecule has 1 nitrogen and oxygen atoms in total. The lowest BCUT2D eigenvalue weighted by Crippen LogP contribution is -2.46. The molecule has 0 bridgehead atoms. The lowest BCUT2D eigenvalue weighted by atomic mass is 9.96. The second-order valence-electron chi connectivity index (χ2n) is 2.58. The second-order valence-corrected chi connectivity index (χ2v) is 2.58. The van der Waals surface area contributed by atoms with Gasteiger partial charge in [0, 0.05) is 0 Å². The molecule has 1 aliphatic heterocycles. The third kappa shape index (κ3) is 1.42. The molecule has 0 saturated carbocycles. The van der Waals surface area contributed by atoms with Crippen LogP contribution in [0.25, 0.3) is 0 Å². The first-order valence-corrected chi connectivity index (χ1v) is 3.31. The summed E-state index contributed by atoms with van der Waals surface area (Å²) in [5.41, 5.74) is 0. The van der Waals surface area contributed by atoms with Gasteiger partial charge < -0.3 is 5.32 Å². The molecule has 1 unspecified atom stereocenters. The van der Waals surface area contributed by atoms with Crippen molar-refractivity contribution in [2.24, 2.45) is 5.92 Å². The fraction of sp³-hybridized carbons (Fsp3) is 1.00. The number of hydrogen-bond donors (Lipinski definition) is 1. The van der Waals surface area contributed by atoms with E-state index in [1.807, 2.05) is 0 Å². The van der Waals surface area contributed by atoms with E-state index in [4.69, 9.17) is 0 Å². The monoisotopic (exact) mass is 153 g/mol. The predicted octanol–water partition coefficient (Wildman–Crippen LogP) is 1.20. The van der Waals surface area contributed by atoms with Crippen LogP contribution in [-0.2, 0) is 0 Å². The molecular formula is C6H10F3N. The number of nitrogens with one attached hydrogen (secondary N) is 1. The molecular weight excluding hydrogens is 143 g/mol. The van der Waals surface area contributed by atoms with Crippen LogP contribution in [0.15, 0.2) is 0 Å². The number of piperidine rings is 1. The highest BCUT2D eigenvalue weighted by Gasteiger charge is 2.41. The first kappa shape index (κ1) is 7.85. The highest BCUT2D eigenvalue weighted by atomic mass is 19.3. The molecule has 1 saturated heterocycles. The van der Waals surface area contributed by atoms with E-state index in [0.717, 1.165) is 0 Å². The van der Waals surface area contributed by atoms with E-state index >= 15 is 0 Å². The van der Waals surface area contributed by atoms with Crippen molar-refractivity contribution in [3.05, 3.63) is 0 Å². The van der Waals surface area contributed by atoms with Crippen molar-refractivity contribution in [2.75, 3.05) is 19.8 Å². The Hall–Kier alpha value is -0.250. The largest absolute Gasteiger partial charge is 0.311 e. The zero-order valence-electron chi connectivity index (χ0n) is 5.54. The second kappa shape index (κ2) is 2.78. The van der Waals surface area contributed by atoms with E-state index in [1.54, 1.807) is 0 Å². The van der Waals surface area contributed by atoms with Crippen LogP contribution in [0.1, 0.15) is 6.42 Å². The Morgan fingerprint density at radius 1 is 1.50 bits per heavy atom. The Labute approximate surface area is 57.6 Å². The van der Waals surface area contributed by atoms with Crippen molar-refractivity contribution in [1.29, 1.82) is 0 Å². The minimum atomic E-state index is -2.84. The van der Waals surface area contributed by atoms with Crippen molar-refractivity contribution >= 4 is 0 Å². The Morgan fingerprint density at radius 3 is 2.60 bits per heavy atom. The molecule has 1 rings (SSSR count). The summed E-state index contributed by atoms with van der Waals surface area (Å²) in [6.07, 6.45) is 0.240. The summed E-state index contributed by atoms with van der Waals surface area (Å²) in [5.74, 6) is -3.90. The summed E-state index contributed by atoms with van der Waals surface area (Å²) in [6, 6.07) is 0. The van der Waals surface area contributed by atoms with E-state index in [1.165, 1.54) is 0 Å². The molecule has 4 heteroatoms. The van der Waals surface area contributed by atoms with E-state index in [9.17, 15) is 13.2 Å². The van der Waals surface area contributed by atoms with Crippen molar-refractivity contribution < 1.29 is 13.2 Å². The number of halogens is 3. The van der Waals surface area contributed by atoms with Gasteiger partial charge in [-0.2, -0.15) is 0 Å². The minimum absolute atomic E-state index is 0.240. The number of hydrogen-bond acceptors (Lipinski definition) is 1. The molecule has 1 atom stereocenters. The summed E-state index contributed by atoms with van der Waals surface area (Å²) in [7, 11) is 0. The Bertz CT molecular complexity index is 116. The summed E-state index contributed by atoms with van der Waals surface area (Å²) in [4.78, 5) is 0. The van der Waals surface area contributed by atoms with Crippen molar-refractivity contribution in [3.63, 3.8) is 0 Å². The van der Waals surface area contributed by atoms with Gasteiger partial charge in [-0.3, -0.25) is 4.39 Å². The van der Waals surface area contributed by atoms with Crippen LogP contribution in [0.3, 0.4) is 0 Å². The van der Waals surface area contributed by atoms with Crippen molar-refractivity contribution in [3.8, 4) is 0 Å². The lowest BCUT2D eigenvalue weighted by molar-refractivity contribution is -0.0800. The summed E-state index contributed by atoms with van der Waals surface area (Å²) < 4.78 is 37.0. The van der Waals surface area contributed by atoms with Gasteiger partial charge in [0.05, 0.1) is 19.1 Å². The van der Waals surface area contributed by atoms with Crippen LogP contribution >= 0.6 is 0 Å². The van der Waals surface area contributed by atoms with Gasteiger partial charge in [-0.05, 0) is 13.0 Å². The highest BCUT2D eigenvalue weighted by Crippen LogP contribution is 2.29. The average Bonchev–Trinajstić information content (AvgIpc) is 1.87. The molecule has 1 N–H and O–H groups in total. The topological polar surface area (TPSA) is 12.0 Å². The molecule has 10 heavy (non-hydrogen) atoms. The van der Waals surface area contributed by atoms with Gasteiger partial charge in [-0.15, -0.1) is 0 Å². The lowest BCUT2D eigenvalue weighted by Gasteiger charge is -2.29. The average molecular weight is 153 g/mol. The Balaban J connectivity index is 2.51. The molecule has 0 aromatic heterocycles. The zero-order valence-corrected chi connectivity index (χ0v) is 5.54. The van der Waals surface area contributed by atoms with Crippen LogP contribution in [0.5, 0.6) is 0 Å². The molecule has 1 heterocycles. The molecule has 60 valence electrons. The SMILES string of the molecule is FCC1CCNCC1(F)F. The third-order valence-electron chi connectivity index (χ3n) is 1.81. The van der Waals surface area contributed by atoms with Gasteiger partial charge in [-0.25, -0.2) is 8.78 Å². The van der Waals surface area contributed by atoms with Gasteiger partial charge in [0.15, 0.2) is 0 Å². The van der Waals surface area contributed by atoms with E-state index in [0.29, 0.717) is 6.54 Å². The molecule has 0 amide bonds. The Morgan fingerprint density at radius 2 is 2.20 bits per heavy atom. The minimum Gasteiger partial charge on any atom is -0.311 e. The van der Waals surface area contributed by atoms with Crippen LogP contribution in [0, 0.1) is 5.92 Å². The van der Waals surface area contributed by atoms with Gasteiger partial charge in [-0.1, -0.05) is 0 Å².